The minimum atomic E-state index is -0.728. The standard InChI is InChI=1S/C17H15NO2.C17H13NO2.C17H20O5.C17H18O5.C14H11NO2.C14H16O5/c2*1-3-10-19-14-7-5-13(6-8-14)17-18-15-11-12(2)4-9-16(15)20-17;2*1-4-11-22-14-9-7-13(8-10-14)12-15(16(18)20-5-2)17(19)21-6-3;1-9-2-7-13-12(8-9)15-14(17-13)10-3-5-11(16)6-4-10;1-3-18-13(16)12(14(17)19-4-2)9-10-5-7-11(15)8-6-10/h3-9,11H,1,10H2,2H3;1,4-9,11H,10H2,2H3;4,7-10,12H,1,5-6,11H2,2-3H3;1,7-10,12H,5-6,11H2,2-3H3;2-8,16H,1H3;5-9,15H,3-4H2,1-2H3. The number of benzene rings is 9. The van der Waals surface area contributed by atoms with Gasteiger partial charge in [0, 0.05) is 16.7 Å². The van der Waals surface area contributed by atoms with E-state index in [2.05, 4.69) is 40.0 Å². The van der Waals surface area contributed by atoms with E-state index in [-0.39, 0.29) is 81.1 Å². The lowest BCUT2D eigenvalue weighted by Crippen LogP contribution is -2.18. The number of phenolic OH excluding ortho intramolecular Hbond substituents is 2. The van der Waals surface area contributed by atoms with E-state index in [1.165, 1.54) is 35.9 Å². The van der Waals surface area contributed by atoms with Gasteiger partial charge in [-0.05, 0) is 260 Å². The van der Waals surface area contributed by atoms with Crippen LogP contribution in [0.25, 0.3) is 85.9 Å². The second-order valence-electron chi connectivity index (χ2n) is 25.0. The van der Waals surface area contributed by atoms with Gasteiger partial charge in [0.1, 0.15) is 94.2 Å². The molecule has 3 heterocycles. The maximum absolute atomic E-state index is 11.8. The first-order valence-electron chi connectivity index (χ1n) is 38.0. The highest BCUT2D eigenvalue weighted by Crippen LogP contribution is 2.31. The van der Waals surface area contributed by atoms with Gasteiger partial charge in [-0.2, -0.15) is 0 Å². The van der Waals surface area contributed by atoms with Gasteiger partial charge in [-0.3, -0.25) is 0 Å². The molecule has 9 aromatic carbocycles. The van der Waals surface area contributed by atoms with Crippen LogP contribution in [0.3, 0.4) is 0 Å². The van der Waals surface area contributed by atoms with Crippen molar-refractivity contribution in [1.29, 1.82) is 0 Å². The SMILES string of the molecule is C#CCOc1ccc(-c2nc3cc(C)ccc3o2)cc1.C#CCOc1ccc(C=C(C(=O)OCC)C(=O)OCC)cc1.C=CCOc1ccc(-c2nc3cc(C)ccc3o2)cc1.C=CCOc1ccc(C=C(C(=O)OCC)C(=O)OCC)cc1.CCOC(=O)C(=Cc1ccc(O)cc1)C(=O)OCC.Cc1ccc2oc(-c3ccc(O)cc3)nc2c1. The van der Waals surface area contributed by atoms with Crippen molar-refractivity contribution in [2.45, 2.75) is 62.3 Å². The molecule has 0 atom stereocenters. The Labute approximate surface area is 695 Å². The summed E-state index contributed by atoms with van der Waals surface area (Å²) in [5.74, 6) is 5.47. The maximum Gasteiger partial charge on any atom is 0.345 e. The Kier molecular flexibility index (Phi) is 37.5. The van der Waals surface area contributed by atoms with Gasteiger partial charge < -0.3 is 70.8 Å². The lowest BCUT2D eigenvalue weighted by atomic mass is 10.1. The second-order valence-corrected chi connectivity index (χ2v) is 25.0. The minimum Gasteiger partial charge on any atom is -0.508 e. The lowest BCUT2D eigenvalue weighted by molar-refractivity contribution is -0.148. The summed E-state index contributed by atoms with van der Waals surface area (Å²) < 4.78 is 67.7. The van der Waals surface area contributed by atoms with Crippen LogP contribution in [0.1, 0.15) is 74.9 Å². The summed E-state index contributed by atoms with van der Waals surface area (Å²) in [5, 5.41) is 18.4. The third kappa shape index (κ3) is 29.6. The Bertz CT molecular complexity index is 5500. The van der Waals surface area contributed by atoms with Crippen LogP contribution in [0, 0.1) is 45.5 Å². The Morgan fingerprint density at radius 3 is 0.833 bits per heavy atom. The number of ether oxygens (including phenoxy) is 10. The molecule has 0 saturated carbocycles. The molecule has 0 fully saturated rings. The molecule has 0 saturated heterocycles. The summed E-state index contributed by atoms with van der Waals surface area (Å²) in [6.45, 7) is 25.7. The van der Waals surface area contributed by atoms with Crippen LogP contribution in [0.15, 0.2) is 255 Å². The predicted octanol–water partition coefficient (Wildman–Crippen LogP) is 18.6. The molecular weight excluding hydrogens is 1530 g/mol. The van der Waals surface area contributed by atoms with Gasteiger partial charge in [0.2, 0.25) is 17.7 Å². The second kappa shape index (κ2) is 48.9. The molecule has 0 spiro atoms. The van der Waals surface area contributed by atoms with Crippen LogP contribution < -0.4 is 18.9 Å². The fourth-order valence-corrected chi connectivity index (χ4v) is 10.3. The number of aromatic hydroxyl groups is 2. The molecule has 0 aliphatic carbocycles. The molecular formula is C96H93N3O21. The molecule has 0 amide bonds. The monoisotopic (exact) mass is 1620 g/mol. The number of oxazole rings is 3. The Balaban J connectivity index is 0.000000199. The number of hydrogen-bond donors (Lipinski definition) is 2. The summed E-state index contributed by atoms with van der Waals surface area (Å²) in [7, 11) is 0. The Hall–Kier alpha value is -15.2. The highest BCUT2D eigenvalue weighted by atomic mass is 16.6. The summed E-state index contributed by atoms with van der Waals surface area (Å²) in [4.78, 5) is 84.2. The van der Waals surface area contributed by atoms with Crippen molar-refractivity contribution >= 4 is 87.3 Å². The van der Waals surface area contributed by atoms with E-state index < -0.39 is 35.8 Å². The maximum atomic E-state index is 11.8. The summed E-state index contributed by atoms with van der Waals surface area (Å²) >= 11 is 0. The molecule has 3 aromatic heterocycles. The highest BCUT2D eigenvalue weighted by Gasteiger charge is 2.24. The third-order valence-electron chi connectivity index (χ3n) is 15.9. The number of esters is 6. The highest BCUT2D eigenvalue weighted by molar-refractivity contribution is 6.19. The number of nitrogens with zero attached hydrogens (tertiary/aromatic N) is 3. The fourth-order valence-electron chi connectivity index (χ4n) is 10.3. The number of aromatic nitrogens is 3. The number of rotatable bonds is 28. The first-order chi connectivity index (χ1) is 58.0. The van der Waals surface area contributed by atoms with E-state index in [9.17, 15) is 39.0 Å². The molecule has 2 N–H and O–H groups in total. The number of aryl methyl sites for hydroxylation is 3. The molecule has 0 bridgehead atoms. The molecule has 0 aliphatic rings. The predicted molar refractivity (Wildman–Crippen MR) is 459 cm³/mol. The van der Waals surface area contributed by atoms with E-state index >= 15 is 0 Å². The number of terminal acetylenes is 2. The third-order valence-corrected chi connectivity index (χ3v) is 15.9. The Morgan fingerprint density at radius 2 is 0.583 bits per heavy atom. The number of carbonyl (C=O) groups excluding carboxylic acids is 6. The topological polar surface area (TPSA) is 313 Å². The fraction of sp³-hybridized carbons (Fsp3) is 0.198. The number of phenols is 2. The number of hydrogen-bond acceptors (Lipinski definition) is 24. The first-order valence-corrected chi connectivity index (χ1v) is 38.0. The molecule has 0 unspecified atom stereocenters. The first kappa shape index (κ1) is 92.0. The van der Waals surface area contributed by atoms with Crippen molar-refractivity contribution in [3.63, 3.8) is 0 Å². The van der Waals surface area contributed by atoms with Gasteiger partial charge in [0.15, 0.2) is 16.7 Å². The van der Waals surface area contributed by atoms with Gasteiger partial charge >= 0.3 is 35.8 Å². The van der Waals surface area contributed by atoms with Crippen molar-refractivity contribution in [3.8, 4) is 93.5 Å². The average Bonchev–Trinajstić information content (AvgIpc) is 1.68. The van der Waals surface area contributed by atoms with E-state index in [1.807, 2.05) is 124 Å². The van der Waals surface area contributed by atoms with Crippen molar-refractivity contribution in [2.24, 2.45) is 0 Å². The minimum absolute atomic E-state index is 0.103. The average molecular weight is 1620 g/mol. The van der Waals surface area contributed by atoms with E-state index in [0.29, 0.717) is 59.1 Å². The molecule has 0 aliphatic heterocycles. The molecule has 12 aromatic rings. The van der Waals surface area contributed by atoms with Crippen molar-refractivity contribution in [3.05, 3.63) is 276 Å². The van der Waals surface area contributed by atoms with Crippen molar-refractivity contribution < 1.29 is 99.6 Å². The van der Waals surface area contributed by atoms with Crippen LogP contribution >= 0.6 is 0 Å². The van der Waals surface area contributed by atoms with Crippen LogP contribution in [-0.4, -0.2) is 127 Å². The molecule has 618 valence electrons. The van der Waals surface area contributed by atoms with Gasteiger partial charge in [0.05, 0.1) is 39.6 Å². The van der Waals surface area contributed by atoms with Crippen LogP contribution in [0.4, 0.5) is 0 Å². The molecule has 12 rings (SSSR count). The Morgan fingerprint density at radius 1 is 0.350 bits per heavy atom. The largest absolute Gasteiger partial charge is 0.508 e. The van der Waals surface area contributed by atoms with E-state index in [4.69, 9.17) is 73.5 Å². The molecule has 0 radical (unpaired) electrons. The van der Waals surface area contributed by atoms with Crippen LogP contribution in [-0.2, 0) is 57.2 Å². The lowest BCUT2D eigenvalue weighted by Gasteiger charge is -2.07. The van der Waals surface area contributed by atoms with E-state index in [1.54, 1.807) is 139 Å². The molecule has 24 nitrogen and oxygen atoms in total. The number of carbonyl (C=O) groups is 6. The van der Waals surface area contributed by atoms with Crippen molar-refractivity contribution in [1.82, 2.24) is 15.0 Å². The van der Waals surface area contributed by atoms with Crippen LogP contribution in [0.5, 0.6) is 34.5 Å². The zero-order valence-corrected chi connectivity index (χ0v) is 68.1. The van der Waals surface area contributed by atoms with Gasteiger partial charge in [-0.25, -0.2) is 43.7 Å². The summed E-state index contributed by atoms with van der Waals surface area (Å²) in [6.07, 6.45) is 17.9. The van der Waals surface area contributed by atoms with E-state index in [0.717, 1.165) is 72.6 Å². The molecule has 120 heavy (non-hydrogen) atoms. The zero-order chi connectivity index (χ0) is 86.7. The van der Waals surface area contributed by atoms with Gasteiger partial charge in [0.25, 0.3) is 0 Å². The molecule has 24 heteroatoms. The van der Waals surface area contributed by atoms with Gasteiger partial charge in [-0.15, -0.1) is 12.8 Å². The zero-order valence-electron chi connectivity index (χ0n) is 68.1. The summed E-state index contributed by atoms with van der Waals surface area (Å²) in [6, 6.07) is 59.6. The van der Waals surface area contributed by atoms with Crippen molar-refractivity contribution in [2.75, 3.05) is 66.1 Å². The van der Waals surface area contributed by atoms with Crippen LogP contribution in [0.2, 0.25) is 0 Å². The normalized spacial score (nSPS) is 10.0. The summed E-state index contributed by atoms with van der Waals surface area (Å²) in [5.41, 5.74) is 12.6. The van der Waals surface area contributed by atoms with Gasteiger partial charge in [-0.1, -0.05) is 91.7 Å². The smallest absolute Gasteiger partial charge is 0.345 e. The quantitative estimate of drug-likeness (QED) is 0.00875. The number of fused-ring (bicyclic) bond motifs is 3.